The molecule has 0 unspecified atom stereocenters. The lowest BCUT2D eigenvalue weighted by Gasteiger charge is -2.34. The Balaban J connectivity index is 0.00000225. The van der Waals surface area contributed by atoms with Gasteiger partial charge in [-0.3, -0.25) is 9.80 Å². The minimum absolute atomic E-state index is 0. The normalized spacial score (nSPS) is 16.6. The molecule has 25 heavy (non-hydrogen) atoms. The van der Waals surface area contributed by atoms with Crippen LogP contribution in [0.2, 0.25) is 0 Å². The first-order valence-corrected chi connectivity index (χ1v) is 7.94. The lowest BCUT2D eigenvalue weighted by atomic mass is 10.1. The fourth-order valence-electron chi connectivity index (χ4n) is 2.99. The standard InChI is InChI=1S/C17H20F3N3O.ClH/c1-13-10-15(24-21-13)12-23-8-6-22(7-9-23)11-14-4-2-3-5-16(14)17(18,19)20;/h2-5,10H,6-9,11-12H2,1H3;1H. The topological polar surface area (TPSA) is 32.5 Å². The number of aromatic nitrogens is 1. The first-order valence-electron chi connectivity index (χ1n) is 7.94. The molecular formula is C17H21ClF3N3O. The first-order chi connectivity index (χ1) is 11.4. The van der Waals surface area contributed by atoms with Crippen LogP contribution in [0.15, 0.2) is 34.9 Å². The molecule has 0 saturated carbocycles. The summed E-state index contributed by atoms with van der Waals surface area (Å²) in [4.78, 5) is 4.29. The number of nitrogens with zero attached hydrogens (tertiary/aromatic N) is 3. The van der Waals surface area contributed by atoms with Crippen LogP contribution in [0.4, 0.5) is 13.2 Å². The van der Waals surface area contributed by atoms with Crippen LogP contribution in [0.5, 0.6) is 0 Å². The Bertz CT molecular complexity index is 682. The average Bonchev–Trinajstić information content (AvgIpc) is 2.94. The smallest absolute Gasteiger partial charge is 0.360 e. The van der Waals surface area contributed by atoms with Crippen molar-refractivity contribution >= 4 is 12.4 Å². The summed E-state index contributed by atoms with van der Waals surface area (Å²) in [7, 11) is 0. The summed E-state index contributed by atoms with van der Waals surface area (Å²) in [6, 6.07) is 7.72. The van der Waals surface area contributed by atoms with E-state index in [1.54, 1.807) is 12.1 Å². The van der Waals surface area contributed by atoms with Crippen molar-refractivity contribution in [3.8, 4) is 0 Å². The highest BCUT2D eigenvalue weighted by Gasteiger charge is 2.33. The van der Waals surface area contributed by atoms with Crippen LogP contribution >= 0.6 is 12.4 Å². The Kier molecular flexibility index (Phi) is 6.48. The quantitative estimate of drug-likeness (QED) is 0.815. The lowest BCUT2D eigenvalue weighted by molar-refractivity contribution is -0.138. The molecule has 4 nitrogen and oxygen atoms in total. The molecule has 0 spiro atoms. The van der Waals surface area contributed by atoms with Crippen LogP contribution in [-0.2, 0) is 19.3 Å². The number of halogens is 4. The second kappa shape index (κ2) is 8.21. The second-order valence-corrected chi connectivity index (χ2v) is 6.14. The maximum atomic E-state index is 13.1. The van der Waals surface area contributed by atoms with E-state index in [-0.39, 0.29) is 12.4 Å². The minimum Gasteiger partial charge on any atom is -0.360 e. The average molecular weight is 376 g/mol. The fourth-order valence-corrected chi connectivity index (χ4v) is 2.99. The lowest BCUT2D eigenvalue weighted by Crippen LogP contribution is -2.45. The predicted molar refractivity (Wildman–Crippen MR) is 90.5 cm³/mol. The summed E-state index contributed by atoms with van der Waals surface area (Å²) in [5.74, 6) is 0.823. The van der Waals surface area contributed by atoms with Crippen molar-refractivity contribution in [3.05, 3.63) is 52.9 Å². The van der Waals surface area contributed by atoms with Gasteiger partial charge in [0.2, 0.25) is 0 Å². The molecule has 0 bridgehead atoms. The molecule has 0 amide bonds. The van der Waals surface area contributed by atoms with Gasteiger partial charge >= 0.3 is 6.18 Å². The van der Waals surface area contributed by atoms with E-state index in [0.29, 0.717) is 18.7 Å². The fraction of sp³-hybridized carbons (Fsp3) is 0.471. The maximum absolute atomic E-state index is 13.1. The monoisotopic (exact) mass is 375 g/mol. The van der Waals surface area contributed by atoms with E-state index in [1.807, 2.05) is 13.0 Å². The van der Waals surface area contributed by atoms with Crippen LogP contribution in [0.3, 0.4) is 0 Å². The van der Waals surface area contributed by atoms with Gasteiger partial charge in [0.1, 0.15) is 0 Å². The van der Waals surface area contributed by atoms with Crippen LogP contribution in [0.25, 0.3) is 0 Å². The molecule has 3 rings (SSSR count). The van der Waals surface area contributed by atoms with Gasteiger partial charge in [-0.1, -0.05) is 23.4 Å². The van der Waals surface area contributed by atoms with Crippen molar-refractivity contribution in [3.63, 3.8) is 0 Å². The highest BCUT2D eigenvalue weighted by molar-refractivity contribution is 5.85. The highest BCUT2D eigenvalue weighted by Crippen LogP contribution is 2.32. The molecule has 1 aliphatic rings. The molecule has 2 aromatic rings. The zero-order chi connectivity index (χ0) is 17.2. The number of hydrogen-bond donors (Lipinski definition) is 0. The van der Waals surface area contributed by atoms with E-state index >= 15 is 0 Å². The third-order valence-electron chi connectivity index (χ3n) is 4.24. The number of hydrogen-bond acceptors (Lipinski definition) is 4. The van der Waals surface area contributed by atoms with E-state index in [9.17, 15) is 13.2 Å². The maximum Gasteiger partial charge on any atom is 0.416 e. The summed E-state index contributed by atoms with van der Waals surface area (Å²) in [6.07, 6.45) is -4.30. The van der Waals surface area contributed by atoms with Gasteiger partial charge in [-0.15, -0.1) is 12.4 Å². The second-order valence-electron chi connectivity index (χ2n) is 6.14. The van der Waals surface area contributed by atoms with Crippen molar-refractivity contribution in [2.45, 2.75) is 26.2 Å². The number of aryl methyl sites for hydroxylation is 1. The van der Waals surface area contributed by atoms with Crippen molar-refractivity contribution < 1.29 is 17.7 Å². The van der Waals surface area contributed by atoms with Crippen molar-refractivity contribution in [2.24, 2.45) is 0 Å². The summed E-state index contributed by atoms with van der Waals surface area (Å²) < 4.78 is 44.4. The minimum atomic E-state index is -4.30. The molecule has 138 valence electrons. The Hall–Kier alpha value is -1.57. The SMILES string of the molecule is Cc1cc(CN2CCN(Cc3ccccc3C(F)(F)F)CC2)on1.Cl. The van der Waals surface area contributed by atoms with Crippen molar-refractivity contribution in [1.82, 2.24) is 15.0 Å². The Labute approximate surface area is 151 Å². The number of piperazine rings is 1. The highest BCUT2D eigenvalue weighted by atomic mass is 35.5. The molecule has 1 aromatic heterocycles. The van der Waals surface area contributed by atoms with Crippen molar-refractivity contribution in [2.75, 3.05) is 26.2 Å². The van der Waals surface area contributed by atoms with Crippen molar-refractivity contribution in [1.29, 1.82) is 0 Å². The molecule has 1 saturated heterocycles. The zero-order valence-corrected chi connectivity index (χ0v) is 14.7. The molecule has 8 heteroatoms. The van der Waals surface area contributed by atoms with E-state index in [4.69, 9.17) is 4.52 Å². The molecule has 1 aromatic carbocycles. The summed E-state index contributed by atoms with van der Waals surface area (Å²) in [6.45, 7) is 5.96. The molecular weight excluding hydrogens is 355 g/mol. The Morgan fingerprint density at radius 1 is 1.04 bits per heavy atom. The number of rotatable bonds is 4. The Morgan fingerprint density at radius 3 is 2.20 bits per heavy atom. The van der Waals surface area contributed by atoms with Gasteiger partial charge in [0.25, 0.3) is 0 Å². The van der Waals surface area contributed by atoms with Gasteiger partial charge < -0.3 is 4.52 Å². The number of alkyl halides is 3. The molecule has 1 fully saturated rings. The van der Waals surface area contributed by atoms with Gasteiger partial charge in [0.05, 0.1) is 17.8 Å². The van der Waals surface area contributed by atoms with E-state index < -0.39 is 11.7 Å². The van der Waals surface area contributed by atoms with Gasteiger partial charge in [0, 0.05) is 38.8 Å². The van der Waals surface area contributed by atoms with Gasteiger partial charge in [-0.05, 0) is 18.6 Å². The molecule has 0 N–H and O–H groups in total. The van der Waals surface area contributed by atoms with Gasteiger partial charge in [0.15, 0.2) is 5.76 Å². The molecule has 0 atom stereocenters. The van der Waals surface area contributed by atoms with E-state index in [2.05, 4.69) is 15.0 Å². The van der Waals surface area contributed by atoms with E-state index in [1.165, 1.54) is 6.07 Å². The largest absolute Gasteiger partial charge is 0.416 e. The van der Waals surface area contributed by atoms with Crippen LogP contribution < -0.4 is 0 Å². The number of benzene rings is 1. The summed E-state index contributed by atoms with van der Waals surface area (Å²) in [5.41, 5.74) is 0.654. The molecule has 2 heterocycles. The molecule has 0 aliphatic carbocycles. The van der Waals surface area contributed by atoms with Crippen LogP contribution in [-0.4, -0.2) is 41.1 Å². The van der Waals surface area contributed by atoms with E-state index in [0.717, 1.165) is 43.7 Å². The summed E-state index contributed by atoms with van der Waals surface area (Å²) in [5, 5.41) is 3.87. The van der Waals surface area contributed by atoms with Crippen LogP contribution in [0, 0.1) is 6.92 Å². The van der Waals surface area contributed by atoms with Crippen LogP contribution in [0.1, 0.15) is 22.6 Å². The predicted octanol–water partition coefficient (Wildman–Crippen LogP) is 3.74. The van der Waals surface area contributed by atoms with Gasteiger partial charge in [-0.25, -0.2) is 0 Å². The third-order valence-corrected chi connectivity index (χ3v) is 4.24. The summed E-state index contributed by atoms with van der Waals surface area (Å²) >= 11 is 0. The molecule has 0 radical (unpaired) electrons. The zero-order valence-electron chi connectivity index (χ0n) is 13.9. The van der Waals surface area contributed by atoms with Gasteiger partial charge in [-0.2, -0.15) is 13.2 Å². The third kappa shape index (κ3) is 5.20. The Morgan fingerprint density at radius 2 is 1.64 bits per heavy atom. The first kappa shape index (κ1) is 19.8. The molecule has 1 aliphatic heterocycles.